The number of carbonyl (C=O) groups is 1. The van der Waals surface area contributed by atoms with Crippen LogP contribution in [0.1, 0.15) is 54.4 Å². The van der Waals surface area contributed by atoms with Crippen molar-refractivity contribution >= 4 is 17.2 Å². The summed E-state index contributed by atoms with van der Waals surface area (Å²) >= 11 is 1.58. The number of halogens is 2. The number of hydrogen-bond acceptors (Lipinski definition) is 3. The summed E-state index contributed by atoms with van der Waals surface area (Å²) in [7, 11) is 0. The van der Waals surface area contributed by atoms with E-state index in [2.05, 4.69) is 30.5 Å². The number of amides is 1. The molecule has 0 aliphatic heterocycles. The molecule has 0 aliphatic carbocycles. The van der Waals surface area contributed by atoms with Crippen LogP contribution in [-0.4, -0.2) is 12.5 Å². The molecule has 0 fully saturated rings. The first-order valence-corrected chi connectivity index (χ1v) is 9.24. The van der Waals surface area contributed by atoms with E-state index in [-0.39, 0.29) is 11.7 Å². The Labute approximate surface area is 152 Å². The molecule has 1 N–H and O–H groups in total. The van der Waals surface area contributed by atoms with E-state index >= 15 is 0 Å². The van der Waals surface area contributed by atoms with Crippen molar-refractivity contribution in [2.75, 3.05) is 0 Å². The van der Waals surface area contributed by atoms with Crippen molar-refractivity contribution in [3.05, 3.63) is 57.6 Å². The molecule has 0 unspecified atom stereocenters. The molecule has 0 spiro atoms. The predicted octanol–water partition coefficient (Wildman–Crippen LogP) is 5.60. The van der Waals surface area contributed by atoms with Crippen molar-refractivity contribution < 1.29 is 18.3 Å². The molecule has 1 aromatic rings. The highest BCUT2D eigenvalue weighted by Gasteiger charge is 2.17. The molecular formula is C19H25F2NO2S. The zero-order chi connectivity index (χ0) is 18.8. The van der Waals surface area contributed by atoms with Crippen molar-refractivity contribution in [1.29, 1.82) is 0 Å². The van der Waals surface area contributed by atoms with E-state index in [1.165, 1.54) is 17.0 Å². The summed E-state index contributed by atoms with van der Waals surface area (Å²) in [5, 5.41) is 4.65. The third-order valence-corrected chi connectivity index (χ3v) is 4.63. The fourth-order valence-corrected chi connectivity index (χ4v) is 3.43. The van der Waals surface area contributed by atoms with Gasteiger partial charge in [-0.25, -0.2) is 0 Å². The summed E-state index contributed by atoms with van der Waals surface area (Å²) in [6, 6.07) is 0. The number of aryl methyl sites for hydroxylation is 1. The predicted molar refractivity (Wildman–Crippen MR) is 98.9 cm³/mol. The minimum absolute atomic E-state index is 0.0941. The molecule has 0 aromatic carbocycles. The fourth-order valence-electron chi connectivity index (χ4n) is 2.40. The van der Waals surface area contributed by atoms with Gasteiger partial charge in [-0.3, -0.25) is 4.79 Å². The molecule has 3 nitrogen and oxygen atoms in total. The molecule has 1 amide bonds. The van der Waals surface area contributed by atoms with E-state index in [4.69, 9.17) is 0 Å². The van der Waals surface area contributed by atoms with Gasteiger partial charge in [0, 0.05) is 22.0 Å². The van der Waals surface area contributed by atoms with Gasteiger partial charge in [0.2, 0.25) is 0 Å². The quantitative estimate of drug-likeness (QED) is 0.431. The van der Waals surface area contributed by atoms with Gasteiger partial charge in [-0.05, 0) is 30.9 Å². The molecule has 1 aromatic heterocycles. The highest BCUT2D eigenvalue weighted by molar-refractivity contribution is 7.10. The second-order valence-corrected chi connectivity index (χ2v) is 6.27. The molecule has 0 saturated carbocycles. The normalized spacial score (nSPS) is 12.4. The maximum absolute atomic E-state index is 12.7. The lowest BCUT2D eigenvalue weighted by Gasteiger charge is -2.10. The SMILES string of the molecule is C=C/C(=C\C(=C/CC)NC(=O)c1csc(CC)c1CCC)OC(F)F. The number of carbonyl (C=O) groups excluding carboxylic acids is 1. The highest BCUT2D eigenvalue weighted by Crippen LogP contribution is 2.25. The topological polar surface area (TPSA) is 38.3 Å². The smallest absolute Gasteiger partial charge is 0.387 e. The summed E-state index contributed by atoms with van der Waals surface area (Å²) in [4.78, 5) is 13.9. The molecule has 0 aliphatic rings. The lowest BCUT2D eigenvalue weighted by atomic mass is 10.0. The number of alkyl halides is 2. The van der Waals surface area contributed by atoms with Crippen LogP contribution in [0.15, 0.2) is 41.6 Å². The molecular weight excluding hydrogens is 344 g/mol. The van der Waals surface area contributed by atoms with Crippen LogP contribution in [-0.2, 0) is 17.6 Å². The summed E-state index contributed by atoms with van der Waals surface area (Å²) in [5.74, 6) is -0.334. The number of hydrogen-bond donors (Lipinski definition) is 1. The van der Waals surface area contributed by atoms with Gasteiger partial charge in [0.25, 0.3) is 5.91 Å². The second kappa shape index (κ2) is 10.8. The molecule has 0 bridgehead atoms. The Morgan fingerprint density at radius 3 is 2.64 bits per heavy atom. The standard InChI is InChI=1S/C19H25F2NO2S/c1-5-9-13(11-14(7-3)24-19(20)21)22-18(23)16-12-25-17(8-4)15(16)10-6-2/h7,9,11-12,19H,3,5-6,8,10H2,1-2,4H3,(H,22,23)/b13-9+,14-11+. The van der Waals surface area contributed by atoms with Crippen LogP contribution in [0.2, 0.25) is 0 Å². The Bertz CT molecular complexity index is 648. The van der Waals surface area contributed by atoms with Gasteiger partial charge in [-0.1, -0.05) is 39.8 Å². The molecule has 0 radical (unpaired) electrons. The van der Waals surface area contributed by atoms with E-state index in [1.807, 2.05) is 12.3 Å². The Hall–Kier alpha value is -1.95. The van der Waals surface area contributed by atoms with E-state index in [1.54, 1.807) is 17.4 Å². The van der Waals surface area contributed by atoms with Crippen LogP contribution in [0.3, 0.4) is 0 Å². The van der Waals surface area contributed by atoms with Crippen LogP contribution < -0.4 is 5.32 Å². The van der Waals surface area contributed by atoms with Crippen LogP contribution in [0.25, 0.3) is 0 Å². The Morgan fingerprint density at radius 2 is 2.12 bits per heavy atom. The van der Waals surface area contributed by atoms with Gasteiger partial charge in [-0.2, -0.15) is 8.78 Å². The Kier molecular flexibility index (Phi) is 9.13. The van der Waals surface area contributed by atoms with Crippen molar-refractivity contribution in [2.24, 2.45) is 0 Å². The maximum atomic E-state index is 12.7. The zero-order valence-electron chi connectivity index (χ0n) is 14.9. The van der Waals surface area contributed by atoms with Crippen LogP contribution in [0.4, 0.5) is 8.78 Å². The lowest BCUT2D eigenvalue weighted by molar-refractivity contribution is -0.0920. The molecule has 25 heavy (non-hydrogen) atoms. The van der Waals surface area contributed by atoms with Crippen molar-refractivity contribution in [3.63, 3.8) is 0 Å². The van der Waals surface area contributed by atoms with Crippen molar-refractivity contribution in [3.8, 4) is 0 Å². The minimum atomic E-state index is -2.94. The van der Waals surface area contributed by atoms with Gasteiger partial charge >= 0.3 is 6.61 Å². The van der Waals surface area contributed by atoms with Crippen molar-refractivity contribution in [2.45, 2.75) is 53.1 Å². The van der Waals surface area contributed by atoms with E-state index < -0.39 is 6.61 Å². The largest absolute Gasteiger partial charge is 0.435 e. The van der Waals surface area contributed by atoms with E-state index in [9.17, 15) is 13.6 Å². The van der Waals surface area contributed by atoms with Crippen LogP contribution in [0.5, 0.6) is 0 Å². The van der Waals surface area contributed by atoms with Gasteiger partial charge in [0.15, 0.2) is 0 Å². The van der Waals surface area contributed by atoms with Gasteiger partial charge in [0.1, 0.15) is 5.76 Å². The lowest BCUT2D eigenvalue weighted by Crippen LogP contribution is -2.23. The van der Waals surface area contributed by atoms with Gasteiger partial charge in [0.05, 0.1) is 5.56 Å². The number of nitrogens with one attached hydrogen (secondary N) is 1. The first-order valence-electron chi connectivity index (χ1n) is 8.36. The molecule has 6 heteroatoms. The Morgan fingerprint density at radius 1 is 1.40 bits per heavy atom. The monoisotopic (exact) mass is 369 g/mol. The summed E-state index contributed by atoms with van der Waals surface area (Å²) in [5.41, 5.74) is 2.13. The molecule has 1 heterocycles. The third kappa shape index (κ3) is 6.46. The Balaban J connectivity index is 3.05. The number of thiophene rings is 1. The molecule has 0 saturated heterocycles. The number of ether oxygens (including phenoxy) is 1. The molecule has 0 atom stereocenters. The van der Waals surface area contributed by atoms with Gasteiger partial charge in [-0.15, -0.1) is 11.3 Å². The fraction of sp³-hybridized carbons (Fsp3) is 0.421. The highest BCUT2D eigenvalue weighted by atomic mass is 32.1. The average Bonchev–Trinajstić information content (AvgIpc) is 2.97. The van der Waals surface area contributed by atoms with Crippen molar-refractivity contribution in [1.82, 2.24) is 5.32 Å². The summed E-state index contributed by atoms with van der Waals surface area (Å²) in [6.45, 7) is 6.54. The van der Waals surface area contributed by atoms with Crippen LogP contribution >= 0.6 is 11.3 Å². The van der Waals surface area contributed by atoms with Crippen LogP contribution in [0, 0.1) is 0 Å². The molecule has 1 rings (SSSR count). The number of rotatable bonds is 10. The first-order chi connectivity index (χ1) is 12.0. The first kappa shape index (κ1) is 21.1. The van der Waals surface area contributed by atoms with E-state index in [0.29, 0.717) is 17.7 Å². The molecule has 138 valence electrons. The maximum Gasteiger partial charge on any atom is 0.387 e. The number of allylic oxidation sites excluding steroid dienone is 3. The van der Waals surface area contributed by atoms with Gasteiger partial charge < -0.3 is 10.1 Å². The summed E-state index contributed by atoms with van der Waals surface area (Å²) < 4.78 is 29.2. The average molecular weight is 369 g/mol. The minimum Gasteiger partial charge on any atom is -0.435 e. The van der Waals surface area contributed by atoms with E-state index in [0.717, 1.165) is 24.8 Å². The second-order valence-electron chi connectivity index (χ2n) is 5.31. The summed E-state index contributed by atoms with van der Waals surface area (Å²) in [6.07, 6.45) is 7.58. The third-order valence-electron chi connectivity index (χ3n) is 3.45. The zero-order valence-corrected chi connectivity index (χ0v) is 15.7.